The van der Waals surface area contributed by atoms with Crippen molar-refractivity contribution in [2.45, 2.75) is 32.8 Å². The van der Waals surface area contributed by atoms with Crippen molar-refractivity contribution in [2.75, 3.05) is 11.4 Å². The number of halogens is 1. The fourth-order valence-electron chi connectivity index (χ4n) is 3.46. The molecule has 5 heteroatoms. The van der Waals surface area contributed by atoms with Gasteiger partial charge in [-0.1, -0.05) is 39.7 Å². The molecule has 4 nitrogen and oxygen atoms in total. The predicted molar refractivity (Wildman–Crippen MR) is 101 cm³/mol. The maximum atomic E-state index is 12.8. The number of aryl methyl sites for hydroxylation is 2. The van der Waals surface area contributed by atoms with Crippen LogP contribution in [0.25, 0.3) is 0 Å². The zero-order valence-corrected chi connectivity index (χ0v) is 16.1. The summed E-state index contributed by atoms with van der Waals surface area (Å²) in [6, 6.07) is 10.9. The van der Waals surface area contributed by atoms with E-state index in [1.807, 2.05) is 39.0 Å². The van der Waals surface area contributed by atoms with E-state index < -0.39 is 11.5 Å². The highest BCUT2D eigenvalue weighted by Gasteiger charge is 2.50. The number of benzene rings is 2. The standard InChI is InChI=1S/C20H20BrNO3/c1-4-22-17-8-6-14(21)10-16(17)20(25,19(22)24)11-18(23)15-7-5-12(2)9-13(15)3/h5-10,25H,4,11H2,1-3H3/t20-/m1/s1. The number of Topliss-reactive ketones (excluding diaryl/α,β-unsaturated/α-hetero) is 1. The van der Waals surface area contributed by atoms with Gasteiger partial charge in [0.1, 0.15) is 0 Å². The normalized spacial score (nSPS) is 19.2. The van der Waals surface area contributed by atoms with Gasteiger partial charge >= 0.3 is 0 Å². The molecule has 0 aromatic heterocycles. The number of ketones is 1. The zero-order valence-electron chi connectivity index (χ0n) is 14.5. The Bertz CT molecular complexity index is 877. The Morgan fingerprint density at radius 1 is 1.20 bits per heavy atom. The molecule has 3 rings (SSSR count). The minimum absolute atomic E-state index is 0.239. The molecular formula is C20H20BrNO3. The molecule has 2 aromatic carbocycles. The van der Waals surface area contributed by atoms with Crippen LogP contribution in [0.1, 0.15) is 40.4 Å². The first-order valence-corrected chi connectivity index (χ1v) is 9.02. The summed E-state index contributed by atoms with van der Waals surface area (Å²) in [6.45, 7) is 6.11. The van der Waals surface area contributed by atoms with Gasteiger partial charge in [0, 0.05) is 22.1 Å². The molecule has 0 aliphatic carbocycles. The summed E-state index contributed by atoms with van der Waals surface area (Å²) in [7, 11) is 0. The number of carbonyl (C=O) groups is 2. The Morgan fingerprint density at radius 3 is 2.56 bits per heavy atom. The number of hydrogen-bond acceptors (Lipinski definition) is 3. The van der Waals surface area contributed by atoms with Gasteiger partial charge in [-0.05, 0) is 44.5 Å². The van der Waals surface area contributed by atoms with Gasteiger partial charge in [0.15, 0.2) is 11.4 Å². The lowest BCUT2D eigenvalue weighted by Gasteiger charge is -2.22. The zero-order chi connectivity index (χ0) is 18.4. The van der Waals surface area contributed by atoms with Crippen LogP contribution in [0.2, 0.25) is 0 Å². The van der Waals surface area contributed by atoms with E-state index in [1.54, 1.807) is 18.2 Å². The van der Waals surface area contributed by atoms with E-state index in [-0.39, 0.29) is 12.2 Å². The molecule has 0 radical (unpaired) electrons. The molecule has 0 fully saturated rings. The van der Waals surface area contributed by atoms with E-state index in [4.69, 9.17) is 0 Å². The lowest BCUT2D eigenvalue weighted by Crippen LogP contribution is -2.41. The number of fused-ring (bicyclic) bond motifs is 1. The van der Waals surface area contributed by atoms with Gasteiger partial charge in [0.2, 0.25) is 0 Å². The van der Waals surface area contributed by atoms with Crippen molar-refractivity contribution in [3.05, 3.63) is 63.1 Å². The highest BCUT2D eigenvalue weighted by Crippen LogP contribution is 2.44. The van der Waals surface area contributed by atoms with E-state index in [9.17, 15) is 14.7 Å². The van der Waals surface area contributed by atoms with Gasteiger partial charge in [-0.2, -0.15) is 0 Å². The van der Waals surface area contributed by atoms with Crippen molar-refractivity contribution >= 4 is 33.3 Å². The van der Waals surface area contributed by atoms with Crippen molar-refractivity contribution in [3.63, 3.8) is 0 Å². The van der Waals surface area contributed by atoms with E-state index >= 15 is 0 Å². The van der Waals surface area contributed by atoms with Crippen molar-refractivity contribution in [2.24, 2.45) is 0 Å². The number of rotatable bonds is 4. The summed E-state index contributed by atoms with van der Waals surface area (Å²) >= 11 is 3.38. The molecule has 25 heavy (non-hydrogen) atoms. The number of aliphatic hydroxyl groups is 1. The number of carbonyl (C=O) groups excluding carboxylic acids is 2. The molecule has 0 unspecified atom stereocenters. The van der Waals surface area contributed by atoms with Crippen LogP contribution in [0.5, 0.6) is 0 Å². The molecule has 1 aliphatic rings. The predicted octanol–water partition coefficient (Wildman–Crippen LogP) is 3.89. The second-order valence-corrected chi connectivity index (χ2v) is 7.41. The maximum Gasteiger partial charge on any atom is 0.264 e. The van der Waals surface area contributed by atoms with Crippen molar-refractivity contribution in [3.8, 4) is 0 Å². The summed E-state index contributed by atoms with van der Waals surface area (Å²) in [5, 5.41) is 11.2. The average Bonchev–Trinajstić information content (AvgIpc) is 2.75. The van der Waals surface area contributed by atoms with Crippen LogP contribution in [-0.2, 0) is 10.4 Å². The molecular weight excluding hydrogens is 382 g/mol. The Balaban J connectivity index is 2.02. The molecule has 0 spiro atoms. The molecule has 0 saturated carbocycles. The van der Waals surface area contributed by atoms with E-state index in [1.165, 1.54) is 4.90 Å². The number of amides is 1. The van der Waals surface area contributed by atoms with Gasteiger partial charge in [-0.15, -0.1) is 0 Å². The summed E-state index contributed by atoms with van der Waals surface area (Å²) in [5.74, 6) is -0.682. The number of nitrogens with zero attached hydrogens (tertiary/aromatic N) is 1. The van der Waals surface area contributed by atoms with Crippen LogP contribution >= 0.6 is 15.9 Å². The van der Waals surface area contributed by atoms with Crippen LogP contribution in [-0.4, -0.2) is 23.3 Å². The molecule has 2 aromatic rings. The molecule has 130 valence electrons. The van der Waals surface area contributed by atoms with E-state index in [2.05, 4.69) is 15.9 Å². The largest absolute Gasteiger partial charge is 0.375 e. The second kappa shape index (κ2) is 6.39. The van der Waals surface area contributed by atoms with Gasteiger partial charge < -0.3 is 10.0 Å². The van der Waals surface area contributed by atoms with Crippen LogP contribution < -0.4 is 4.90 Å². The molecule has 0 bridgehead atoms. The van der Waals surface area contributed by atoms with Gasteiger partial charge in [0.25, 0.3) is 5.91 Å². The third-order valence-corrected chi connectivity index (χ3v) is 5.20. The van der Waals surface area contributed by atoms with Crippen LogP contribution in [0.15, 0.2) is 40.9 Å². The fourth-order valence-corrected chi connectivity index (χ4v) is 3.82. The Kier molecular flexibility index (Phi) is 4.56. The van der Waals surface area contributed by atoms with Crippen molar-refractivity contribution in [1.29, 1.82) is 0 Å². The smallest absolute Gasteiger partial charge is 0.264 e. The Morgan fingerprint density at radius 2 is 1.92 bits per heavy atom. The summed E-state index contributed by atoms with van der Waals surface area (Å²) in [4.78, 5) is 27.2. The topological polar surface area (TPSA) is 57.6 Å². The third-order valence-electron chi connectivity index (χ3n) is 4.71. The minimum atomic E-state index is -1.83. The second-order valence-electron chi connectivity index (χ2n) is 6.49. The highest BCUT2D eigenvalue weighted by molar-refractivity contribution is 9.10. The molecule has 1 amide bonds. The molecule has 1 heterocycles. The first-order valence-electron chi connectivity index (χ1n) is 8.22. The van der Waals surface area contributed by atoms with Crippen molar-refractivity contribution in [1.82, 2.24) is 0 Å². The van der Waals surface area contributed by atoms with Gasteiger partial charge in [-0.3, -0.25) is 9.59 Å². The molecule has 1 atom stereocenters. The van der Waals surface area contributed by atoms with Gasteiger partial charge in [-0.25, -0.2) is 0 Å². The first-order chi connectivity index (χ1) is 11.8. The minimum Gasteiger partial charge on any atom is -0.375 e. The Hall–Kier alpha value is -1.98. The third kappa shape index (κ3) is 2.92. The fraction of sp³-hybridized carbons (Fsp3) is 0.300. The first kappa shape index (κ1) is 17.8. The summed E-state index contributed by atoms with van der Waals surface area (Å²) in [6.07, 6.45) is -0.268. The summed E-state index contributed by atoms with van der Waals surface area (Å²) in [5.41, 5.74) is 1.76. The monoisotopic (exact) mass is 401 g/mol. The van der Waals surface area contributed by atoms with E-state index in [0.717, 1.165) is 15.6 Å². The SMILES string of the molecule is CCN1C(=O)[C@@](O)(CC(=O)c2ccc(C)cc2C)c2cc(Br)ccc21. The van der Waals surface area contributed by atoms with E-state index in [0.29, 0.717) is 23.4 Å². The number of likely N-dealkylation sites (N-methyl/N-ethyl adjacent to an activating group) is 1. The lowest BCUT2D eigenvalue weighted by atomic mass is 9.87. The Labute approximate surface area is 155 Å². The average molecular weight is 402 g/mol. The molecule has 1 aliphatic heterocycles. The highest BCUT2D eigenvalue weighted by atomic mass is 79.9. The quantitative estimate of drug-likeness (QED) is 0.790. The van der Waals surface area contributed by atoms with Crippen LogP contribution in [0.4, 0.5) is 5.69 Å². The van der Waals surface area contributed by atoms with Gasteiger partial charge in [0.05, 0.1) is 12.1 Å². The molecule has 0 saturated heterocycles. The number of anilines is 1. The lowest BCUT2D eigenvalue weighted by molar-refractivity contribution is -0.135. The van der Waals surface area contributed by atoms with Crippen LogP contribution in [0, 0.1) is 13.8 Å². The maximum absolute atomic E-state index is 12.8. The van der Waals surface area contributed by atoms with Crippen LogP contribution in [0.3, 0.4) is 0 Å². The molecule has 1 N–H and O–H groups in total. The number of hydrogen-bond donors (Lipinski definition) is 1. The summed E-state index contributed by atoms with van der Waals surface area (Å²) < 4.78 is 0.759. The van der Waals surface area contributed by atoms with Crippen molar-refractivity contribution < 1.29 is 14.7 Å².